The molecule has 20 heavy (non-hydrogen) atoms. The minimum Gasteiger partial charge on any atom is -0.480 e. The molecule has 1 aliphatic carbocycles. The molecule has 2 aliphatic rings. The number of urea groups is 1. The van der Waals surface area contributed by atoms with Gasteiger partial charge in [-0.25, -0.2) is 4.79 Å². The molecule has 2 amide bonds. The van der Waals surface area contributed by atoms with E-state index in [-0.39, 0.29) is 12.6 Å². The first-order valence-corrected chi connectivity index (χ1v) is 8.35. The Balaban J connectivity index is 1.68. The van der Waals surface area contributed by atoms with E-state index in [1.54, 1.807) is 0 Å². The van der Waals surface area contributed by atoms with Crippen LogP contribution >= 0.6 is 11.8 Å². The lowest BCUT2D eigenvalue weighted by Gasteiger charge is -2.27. The Kier molecular flexibility index (Phi) is 5.97. The van der Waals surface area contributed by atoms with Crippen LogP contribution in [0.2, 0.25) is 0 Å². The van der Waals surface area contributed by atoms with E-state index in [4.69, 9.17) is 5.11 Å². The van der Waals surface area contributed by atoms with E-state index in [2.05, 4.69) is 10.2 Å². The number of hydrogen-bond acceptors (Lipinski definition) is 4. The largest absolute Gasteiger partial charge is 0.480 e. The van der Waals surface area contributed by atoms with E-state index in [1.807, 2.05) is 11.8 Å². The van der Waals surface area contributed by atoms with Gasteiger partial charge in [0.05, 0.1) is 0 Å². The first-order valence-electron chi connectivity index (χ1n) is 7.20. The van der Waals surface area contributed by atoms with Crippen LogP contribution in [0.15, 0.2) is 0 Å². The van der Waals surface area contributed by atoms with Crippen LogP contribution in [0.5, 0.6) is 0 Å². The average Bonchev–Trinajstić information content (AvgIpc) is 3.22. The van der Waals surface area contributed by atoms with Crippen molar-refractivity contribution >= 4 is 23.8 Å². The molecule has 1 heterocycles. The van der Waals surface area contributed by atoms with Gasteiger partial charge in [0.1, 0.15) is 6.54 Å². The molecule has 0 spiro atoms. The third-order valence-corrected chi connectivity index (χ3v) is 4.54. The normalized spacial score (nSPS) is 19.6. The van der Waals surface area contributed by atoms with Crippen LogP contribution in [0.1, 0.15) is 12.8 Å². The first-order chi connectivity index (χ1) is 9.65. The van der Waals surface area contributed by atoms with Crippen molar-refractivity contribution in [3.05, 3.63) is 0 Å². The summed E-state index contributed by atoms with van der Waals surface area (Å²) in [4.78, 5) is 26.6. The molecule has 2 rings (SSSR count). The van der Waals surface area contributed by atoms with Crippen molar-refractivity contribution in [1.29, 1.82) is 0 Å². The molecular formula is C13H23N3O3S. The van der Waals surface area contributed by atoms with Gasteiger partial charge in [-0.3, -0.25) is 9.69 Å². The van der Waals surface area contributed by atoms with Crippen molar-refractivity contribution in [1.82, 2.24) is 15.1 Å². The Morgan fingerprint density at radius 1 is 1.30 bits per heavy atom. The zero-order valence-corrected chi connectivity index (χ0v) is 12.5. The zero-order valence-electron chi connectivity index (χ0n) is 11.7. The topological polar surface area (TPSA) is 72.9 Å². The number of aliphatic carboxylic acids is 1. The van der Waals surface area contributed by atoms with Crippen molar-refractivity contribution in [2.24, 2.45) is 5.92 Å². The Morgan fingerprint density at radius 2 is 2.00 bits per heavy atom. The summed E-state index contributed by atoms with van der Waals surface area (Å²) >= 11 is 1.96. The number of carboxylic acids is 1. The number of carbonyl (C=O) groups excluding carboxylic acids is 1. The molecule has 0 aromatic carbocycles. The lowest BCUT2D eigenvalue weighted by Crippen LogP contribution is -2.46. The maximum absolute atomic E-state index is 12.0. The highest BCUT2D eigenvalue weighted by Crippen LogP contribution is 2.29. The van der Waals surface area contributed by atoms with Crippen molar-refractivity contribution in [2.45, 2.75) is 12.8 Å². The SMILES string of the molecule is O=C(O)CN(CC1CC1)C(=O)NCCN1CCSCC1. The van der Waals surface area contributed by atoms with Gasteiger partial charge in [-0.2, -0.15) is 11.8 Å². The number of rotatable bonds is 7. The molecule has 0 aromatic rings. The van der Waals surface area contributed by atoms with Crippen molar-refractivity contribution in [2.75, 3.05) is 50.8 Å². The first kappa shape index (κ1) is 15.4. The summed E-state index contributed by atoms with van der Waals surface area (Å²) in [5.41, 5.74) is 0. The molecule has 2 fully saturated rings. The smallest absolute Gasteiger partial charge is 0.323 e. The van der Waals surface area contributed by atoms with Crippen molar-refractivity contribution in [3.8, 4) is 0 Å². The minimum absolute atomic E-state index is 0.206. The van der Waals surface area contributed by atoms with E-state index in [0.717, 1.165) is 44.0 Å². The van der Waals surface area contributed by atoms with Crippen LogP contribution in [-0.4, -0.2) is 77.7 Å². The number of thioether (sulfide) groups is 1. The summed E-state index contributed by atoms with van der Waals surface area (Å²) in [6.07, 6.45) is 2.21. The summed E-state index contributed by atoms with van der Waals surface area (Å²) in [6, 6.07) is -0.245. The quantitative estimate of drug-likeness (QED) is 0.718. The molecule has 1 saturated carbocycles. The molecular weight excluding hydrogens is 278 g/mol. The van der Waals surface area contributed by atoms with Gasteiger partial charge in [0.25, 0.3) is 0 Å². The van der Waals surface area contributed by atoms with Crippen LogP contribution in [0.3, 0.4) is 0 Å². The summed E-state index contributed by atoms with van der Waals surface area (Å²) in [5.74, 6) is 1.86. The number of carbonyl (C=O) groups is 2. The second kappa shape index (κ2) is 7.73. The Bertz CT molecular complexity index is 344. The molecule has 0 unspecified atom stereocenters. The lowest BCUT2D eigenvalue weighted by atomic mass is 10.3. The van der Waals surface area contributed by atoms with Gasteiger partial charge in [-0.15, -0.1) is 0 Å². The number of nitrogens with one attached hydrogen (secondary N) is 1. The number of nitrogens with zero attached hydrogens (tertiary/aromatic N) is 2. The monoisotopic (exact) mass is 301 g/mol. The zero-order chi connectivity index (χ0) is 14.4. The molecule has 1 aliphatic heterocycles. The van der Waals surface area contributed by atoms with E-state index < -0.39 is 5.97 Å². The molecule has 6 nitrogen and oxygen atoms in total. The standard InChI is InChI=1S/C13H23N3O3S/c17-12(18)10-16(9-11-1-2-11)13(19)14-3-4-15-5-7-20-8-6-15/h11H,1-10H2,(H,14,19)(H,17,18). The second-order valence-corrected chi connectivity index (χ2v) is 6.63. The fourth-order valence-electron chi connectivity index (χ4n) is 2.25. The van der Waals surface area contributed by atoms with Crippen molar-refractivity contribution in [3.63, 3.8) is 0 Å². The summed E-state index contributed by atoms with van der Waals surface area (Å²) in [6.45, 7) is 3.94. The average molecular weight is 301 g/mol. The molecule has 0 atom stereocenters. The molecule has 2 N–H and O–H groups in total. The number of amides is 2. The predicted octanol–water partition coefficient (Wildman–Crippen LogP) is 0.541. The highest BCUT2D eigenvalue weighted by atomic mass is 32.2. The Labute approximate surface area is 123 Å². The van der Waals surface area contributed by atoms with Gasteiger partial charge >= 0.3 is 12.0 Å². The molecule has 7 heteroatoms. The number of hydrogen-bond donors (Lipinski definition) is 2. The van der Waals surface area contributed by atoms with Crippen molar-refractivity contribution < 1.29 is 14.7 Å². The Morgan fingerprint density at radius 3 is 2.60 bits per heavy atom. The third-order valence-electron chi connectivity index (χ3n) is 3.60. The van der Waals surface area contributed by atoms with Gasteiger partial charge in [-0.05, 0) is 18.8 Å². The molecule has 114 valence electrons. The highest BCUT2D eigenvalue weighted by Gasteiger charge is 2.27. The molecule has 1 saturated heterocycles. The molecule has 0 aromatic heterocycles. The Hall–Kier alpha value is -0.950. The molecule has 0 radical (unpaired) electrons. The van der Waals surface area contributed by atoms with Crippen LogP contribution in [0, 0.1) is 5.92 Å². The minimum atomic E-state index is -0.950. The summed E-state index contributed by atoms with van der Waals surface area (Å²) in [5, 5.41) is 11.7. The van der Waals surface area contributed by atoms with Gasteiger partial charge in [0.15, 0.2) is 0 Å². The van der Waals surface area contributed by atoms with Gasteiger partial charge < -0.3 is 15.3 Å². The van der Waals surface area contributed by atoms with Crippen LogP contribution < -0.4 is 5.32 Å². The van der Waals surface area contributed by atoms with Crippen LogP contribution in [0.25, 0.3) is 0 Å². The lowest BCUT2D eigenvalue weighted by molar-refractivity contribution is -0.137. The molecule has 0 bridgehead atoms. The van der Waals surface area contributed by atoms with E-state index >= 15 is 0 Å². The van der Waals surface area contributed by atoms with Crippen LogP contribution in [0.4, 0.5) is 4.79 Å². The second-order valence-electron chi connectivity index (χ2n) is 5.40. The maximum Gasteiger partial charge on any atom is 0.323 e. The van der Waals surface area contributed by atoms with Crippen LogP contribution in [-0.2, 0) is 4.79 Å². The van der Waals surface area contributed by atoms with E-state index in [0.29, 0.717) is 19.0 Å². The van der Waals surface area contributed by atoms with Gasteiger partial charge in [-0.1, -0.05) is 0 Å². The van der Waals surface area contributed by atoms with E-state index in [9.17, 15) is 9.59 Å². The highest BCUT2D eigenvalue weighted by molar-refractivity contribution is 7.99. The summed E-state index contributed by atoms with van der Waals surface area (Å²) in [7, 11) is 0. The third kappa shape index (κ3) is 5.58. The van der Waals surface area contributed by atoms with Gasteiger partial charge in [0.2, 0.25) is 0 Å². The predicted molar refractivity (Wildman–Crippen MR) is 79.1 cm³/mol. The fraction of sp³-hybridized carbons (Fsp3) is 0.846. The van der Waals surface area contributed by atoms with Gasteiger partial charge in [0, 0.05) is 44.2 Å². The van der Waals surface area contributed by atoms with E-state index in [1.165, 1.54) is 4.90 Å². The fourth-order valence-corrected chi connectivity index (χ4v) is 3.23. The summed E-state index contributed by atoms with van der Waals surface area (Å²) < 4.78 is 0. The maximum atomic E-state index is 12.0. The number of carboxylic acid groups (broad SMARTS) is 1.